The summed E-state index contributed by atoms with van der Waals surface area (Å²) in [4.78, 5) is 25.7. The molecule has 0 saturated carbocycles. The van der Waals surface area contributed by atoms with E-state index in [0.717, 1.165) is 0 Å². The summed E-state index contributed by atoms with van der Waals surface area (Å²) in [7, 11) is 1.55. The van der Waals surface area contributed by atoms with Gasteiger partial charge in [0.2, 0.25) is 5.91 Å². The van der Waals surface area contributed by atoms with Gasteiger partial charge in [0.1, 0.15) is 11.4 Å². The molecule has 0 atom stereocenters. The summed E-state index contributed by atoms with van der Waals surface area (Å²) in [5.41, 5.74) is 0.0733. The first kappa shape index (κ1) is 19.0. The number of nitrogens with one attached hydrogen (secondary N) is 1. The highest BCUT2D eigenvalue weighted by atomic mass is 16.6. The molecule has 128 valence electrons. The zero-order valence-corrected chi connectivity index (χ0v) is 14.5. The van der Waals surface area contributed by atoms with E-state index in [1.165, 1.54) is 0 Å². The molecule has 6 heteroatoms. The van der Waals surface area contributed by atoms with Crippen LogP contribution in [0.3, 0.4) is 0 Å². The van der Waals surface area contributed by atoms with Crippen LogP contribution in [-0.2, 0) is 14.3 Å². The number of benzene rings is 1. The molecular weight excluding hydrogens is 296 g/mol. The van der Waals surface area contributed by atoms with E-state index in [1.807, 2.05) is 39.8 Å². The minimum Gasteiger partial charge on any atom is -0.495 e. The van der Waals surface area contributed by atoms with Crippen molar-refractivity contribution >= 4 is 17.6 Å². The van der Waals surface area contributed by atoms with E-state index in [9.17, 15) is 9.59 Å². The number of hydrogen-bond acceptors (Lipinski definition) is 5. The van der Waals surface area contributed by atoms with Crippen LogP contribution in [0.1, 0.15) is 27.7 Å². The fourth-order valence-corrected chi connectivity index (χ4v) is 1.98. The van der Waals surface area contributed by atoms with Gasteiger partial charge in [0.15, 0.2) is 0 Å². The number of esters is 1. The topological polar surface area (TPSA) is 67.9 Å². The third-order valence-corrected chi connectivity index (χ3v) is 2.97. The maximum Gasteiger partial charge on any atom is 0.320 e. The van der Waals surface area contributed by atoms with E-state index in [0.29, 0.717) is 18.0 Å². The van der Waals surface area contributed by atoms with Crippen LogP contribution in [0.15, 0.2) is 24.3 Å². The van der Waals surface area contributed by atoms with Crippen molar-refractivity contribution in [3.8, 4) is 5.75 Å². The zero-order valence-electron chi connectivity index (χ0n) is 14.5. The van der Waals surface area contributed by atoms with Gasteiger partial charge in [-0.1, -0.05) is 19.1 Å². The molecule has 1 rings (SSSR count). The minimum atomic E-state index is -0.532. The zero-order chi connectivity index (χ0) is 17.5. The number of anilines is 1. The van der Waals surface area contributed by atoms with E-state index in [2.05, 4.69) is 5.32 Å². The third kappa shape index (κ3) is 7.15. The van der Waals surface area contributed by atoms with Crippen LogP contribution < -0.4 is 10.1 Å². The summed E-state index contributed by atoms with van der Waals surface area (Å²) in [6.07, 6.45) is 0. The molecule has 1 aromatic carbocycles. The lowest BCUT2D eigenvalue weighted by Gasteiger charge is -2.23. The Morgan fingerprint density at radius 3 is 2.39 bits per heavy atom. The van der Waals surface area contributed by atoms with Crippen LogP contribution in [0.2, 0.25) is 0 Å². The second kappa shape index (κ2) is 8.53. The van der Waals surface area contributed by atoms with Crippen LogP contribution in [0.5, 0.6) is 5.75 Å². The average Bonchev–Trinajstić information content (AvgIpc) is 2.45. The standard InChI is InChI=1S/C17H26N2O4/c1-6-19(12-16(21)23-17(2,3)4)11-15(20)18-13-9-7-8-10-14(13)22-5/h7-10H,6,11-12H2,1-5H3,(H,18,20). The maximum atomic E-state index is 12.2. The Morgan fingerprint density at radius 1 is 1.17 bits per heavy atom. The molecular formula is C17H26N2O4. The summed E-state index contributed by atoms with van der Waals surface area (Å²) < 4.78 is 10.5. The molecule has 0 bridgehead atoms. The molecule has 1 N–H and O–H groups in total. The maximum absolute atomic E-state index is 12.2. The van der Waals surface area contributed by atoms with Crippen LogP contribution in [0.25, 0.3) is 0 Å². The fourth-order valence-electron chi connectivity index (χ4n) is 1.98. The summed E-state index contributed by atoms with van der Waals surface area (Å²) in [5, 5.41) is 2.79. The molecule has 0 unspecified atom stereocenters. The largest absolute Gasteiger partial charge is 0.495 e. The van der Waals surface area contributed by atoms with E-state index in [-0.39, 0.29) is 25.0 Å². The molecule has 0 radical (unpaired) electrons. The Bertz CT molecular complexity index is 538. The molecule has 0 heterocycles. The number of hydrogen-bond donors (Lipinski definition) is 1. The lowest BCUT2D eigenvalue weighted by atomic mass is 10.2. The predicted octanol–water partition coefficient (Wildman–Crippen LogP) is 2.30. The van der Waals surface area contributed by atoms with Gasteiger partial charge in [0.25, 0.3) is 0 Å². The second-order valence-electron chi connectivity index (χ2n) is 6.14. The number of amides is 1. The lowest BCUT2D eigenvalue weighted by molar-refractivity contribution is -0.156. The number of nitrogens with zero attached hydrogens (tertiary/aromatic N) is 1. The molecule has 1 aromatic rings. The number of rotatable bonds is 7. The Balaban J connectivity index is 2.58. The minimum absolute atomic E-state index is 0.0765. The van der Waals surface area contributed by atoms with E-state index in [1.54, 1.807) is 24.1 Å². The first-order valence-corrected chi connectivity index (χ1v) is 7.62. The quantitative estimate of drug-likeness (QED) is 0.780. The van der Waals surface area contributed by atoms with E-state index in [4.69, 9.17) is 9.47 Å². The molecule has 0 aromatic heterocycles. The summed E-state index contributed by atoms with van der Waals surface area (Å²) in [5.74, 6) is 0.0420. The lowest BCUT2D eigenvalue weighted by Crippen LogP contribution is -2.39. The summed E-state index contributed by atoms with van der Waals surface area (Å²) in [6.45, 7) is 8.08. The molecule has 0 spiro atoms. The molecule has 0 aliphatic rings. The van der Waals surface area contributed by atoms with Crippen LogP contribution in [0, 0.1) is 0 Å². The summed E-state index contributed by atoms with van der Waals surface area (Å²) in [6, 6.07) is 7.18. The number of likely N-dealkylation sites (N-methyl/N-ethyl adjacent to an activating group) is 1. The highest BCUT2D eigenvalue weighted by Gasteiger charge is 2.20. The van der Waals surface area contributed by atoms with Crippen LogP contribution in [0.4, 0.5) is 5.69 Å². The Hall–Kier alpha value is -2.08. The number of methoxy groups -OCH3 is 1. The SMILES string of the molecule is CCN(CC(=O)Nc1ccccc1OC)CC(=O)OC(C)(C)C. The van der Waals surface area contributed by atoms with Crippen molar-refractivity contribution in [2.24, 2.45) is 0 Å². The number of ether oxygens (including phenoxy) is 2. The normalized spacial score (nSPS) is 11.2. The van der Waals surface area contributed by atoms with Crippen LogP contribution >= 0.6 is 0 Å². The Morgan fingerprint density at radius 2 is 1.83 bits per heavy atom. The van der Waals surface area contributed by atoms with Crippen molar-refractivity contribution in [1.29, 1.82) is 0 Å². The Kier molecular flexibility index (Phi) is 7.03. The fraction of sp³-hybridized carbons (Fsp3) is 0.529. The van der Waals surface area contributed by atoms with Gasteiger partial charge in [-0.25, -0.2) is 0 Å². The van der Waals surface area contributed by atoms with Crippen molar-refractivity contribution in [2.75, 3.05) is 32.1 Å². The first-order chi connectivity index (χ1) is 10.7. The molecule has 0 fully saturated rings. The molecule has 0 aliphatic carbocycles. The van der Waals surface area contributed by atoms with Gasteiger partial charge in [-0.3, -0.25) is 14.5 Å². The van der Waals surface area contributed by atoms with Crippen LogP contribution in [-0.4, -0.2) is 49.1 Å². The van der Waals surface area contributed by atoms with Gasteiger partial charge in [0.05, 0.1) is 25.9 Å². The summed E-state index contributed by atoms with van der Waals surface area (Å²) >= 11 is 0. The van der Waals surface area contributed by atoms with Gasteiger partial charge >= 0.3 is 5.97 Å². The Labute approximate surface area is 137 Å². The van der Waals surface area contributed by atoms with Gasteiger partial charge in [0, 0.05) is 0 Å². The third-order valence-electron chi connectivity index (χ3n) is 2.97. The highest BCUT2D eigenvalue weighted by Crippen LogP contribution is 2.22. The second-order valence-corrected chi connectivity index (χ2v) is 6.14. The number of carbonyl (C=O) groups excluding carboxylic acids is 2. The number of carbonyl (C=O) groups is 2. The van der Waals surface area contributed by atoms with Crippen molar-refractivity contribution in [2.45, 2.75) is 33.3 Å². The monoisotopic (exact) mass is 322 g/mol. The average molecular weight is 322 g/mol. The van der Waals surface area contributed by atoms with Gasteiger partial charge in [-0.2, -0.15) is 0 Å². The van der Waals surface area contributed by atoms with Crippen molar-refractivity contribution in [1.82, 2.24) is 4.90 Å². The van der Waals surface area contributed by atoms with E-state index >= 15 is 0 Å². The highest BCUT2D eigenvalue weighted by molar-refractivity contribution is 5.93. The van der Waals surface area contributed by atoms with Gasteiger partial charge < -0.3 is 14.8 Å². The first-order valence-electron chi connectivity index (χ1n) is 7.62. The van der Waals surface area contributed by atoms with Crippen molar-refractivity contribution in [3.63, 3.8) is 0 Å². The van der Waals surface area contributed by atoms with Gasteiger partial charge in [-0.05, 0) is 39.4 Å². The molecule has 1 amide bonds. The van der Waals surface area contributed by atoms with E-state index < -0.39 is 5.60 Å². The van der Waals surface area contributed by atoms with Crippen molar-refractivity contribution in [3.05, 3.63) is 24.3 Å². The molecule has 23 heavy (non-hydrogen) atoms. The molecule has 6 nitrogen and oxygen atoms in total. The molecule has 0 aliphatic heterocycles. The molecule has 0 saturated heterocycles. The van der Waals surface area contributed by atoms with Crippen molar-refractivity contribution < 1.29 is 19.1 Å². The smallest absolute Gasteiger partial charge is 0.320 e. The predicted molar refractivity (Wildman–Crippen MR) is 89.6 cm³/mol. The van der Waals surface area contributed by atoms with Gasteiger partial charge in [-0.15, -0.1) is 0 Å². The number of para-hydroxylation sites is 2.